The summed E-state index contributed by atoms with van der Waals surface area (Å²) in [6.45, 7) is 6.12. The molecule has 22 heavy (non-hydrogen) atoms. The Labute approximate surface area is 136 Å². The summed E-state index contributed by atoms with van der Waals surface area (Å²) in [5.74, 6) is 0.414. The Balaban J connectivity index is 2.27. The van der Waals surface area contributed by atoms with E-state index in [0.717, 1.165) is 16.9 Å². The Hall–Kier alpha value is -1.65. The third kappa shape index (κ3) is 3.96. The van der Waals surface area contributed by atoms with E-state index in [9.17, 15) is 4.79 Å². The number of rotatable bonds is 6. The largest absolute Gasteiger partial charge is 0.343 e. The van der Waals surface area contributed by atoms with Gasteiger partial charge in [-0.05, 0) is 41.8 Å². The monoisotopic (exact) mass is 316 g/mol. The van der Waals surface area contributed by atoms with Crippen LogP contribution in [0.3, 0.4) is 0 Å². The minimum Gasteiger partial charge on any atom is -0.343 e. The van der Waals surface area contributed by atoms with E-state index in [0.29, 0.717) is 5.92 Å². The van der Waals surface area contributed by atoms with Crippen LogP contribution in [0.2, 0.25) is 0 Å². The molecular weight excluding hydrogens is 292 g/mol. The molecule has 0 saturated carbocycles. The van der Waals surface area contributed by atoms with Gasteiger partial charge in [0.1, 0.15) is 0 Å². The molecule has 0 saturated heterocycles. The van der Waals surface area contributed by atoms with Crippen LogP contribution in [0.5, 0.6) is 0 Å². The second kappa shape index (κ2) is 7.56. The standard InChI is InChI=1S/C18H24N2OS/c1-4-12(2)14-7-9-15(10-8-14)17(16-6-5-11-22-16)20-18(21)13(3)19/h5-13,17H,4,19H2,1-3H3,(H,20,21)/t12?,13-,17?/m0/s1. The molecule has 2 aromatic rings. The maximum Gasteiger partial charge on any atom is 0.237 e. The third-order valence-corrected chi connectivity index (χ3v) is 4.92. The number of hydrogen-bond acceptors (Lipinski definition) is 3. The summed E-state index contributed by atoms with van der Waals surface area (Å²) in [7, 11) is 0. The van der Waals surface area contributed by atoms with Crippen molar-refractivity contribution in [3.63, 3.8) is 0 Å². The molecule has 3 N–H and O–H groups in total. The van der Waals surface area contributed by atoms with Crippen molar-refractivity contribution >= 4 is 17.2 Å². The van der Waals surface area contributed by atoms with Crippen LogP contribution in [0.15, 0.2) is 41.8 Å². The predicted octanol–water partition coefficient (Wildman–Crippen LogP) is 3.81. The Kier molecular flexibility index (Phi) is 5.75. The Morgan fingerprint density at radius 2 is 1.82 bits per heavy atom. The minimum atomic E-state index is -0.512. The number of hydrogen-bond donors (Lipinski definition) is 2. The number of carbonyl (C=O) groups excluding carboxylic acids is 1. The van der Waals surface area contributed by atoms with Crippen molar-refractivity contribution in [2.24, 2.45) is 5.73 Å². The average molecular weight is 316 g/mol. The summed E-state index contributed by atoms with van der Waals surface area (Å²) in [5.41, 5.74) is 8.10. The summed E-state index contributed by atoms with van der Waals surface area (Å²) in [6.07, 6.45) is 1.12. The molecule has 1 heterocycles. The first-order valence-electron chi connectivity index (χ1n) is 7.72. The molecule has 118 valence electrons. The van der Waals surface area contributed by atoms with Gasteiger partial charge in [0.15, 0.2) is 0 Å². The van der Waals surface area contributed by atoms with Crippen molar-refractivity contribution in [3.05, 3.63) is 57.8 Å². The van der Waals surface area contributed by atoms with Gasteiger partial charge in [-0.15, -0.1) is 11.3 Å². The van der Waals surface area contributed by atoms with Crippen LogP contribution in [0.25, 0.3) is 0 Å². The number of amides is 1. The van der Waals surface area contributed by atoms with E-state index < -0.39 is 6.04 Å². The maximum atomic E-state index is 12.0. The first-order valence-corrected chi connectivity index (χ1v) is 8.60. The van der Waals surface area contributed by atoms with E-state index in [2.05, 4.69) is 43.4 Å². The van der Waals surface area contributed by atoms with Crippen LogP contribution in [0.4, 0.5) is 0 Å². The van der Waals surface area contributed by atoms with Crippen LogP contribution >= 0.6 is 11.3 Å². The smallest absolute Gasteiger partial charge is 0.237 e. The van der Waals surface area contributed by atoms with Gasteiger partial charge in [0.2, 0.25) is 5.91 Å². The molecule has 1 amide bonds. The fourth-order valence-electron chi connectivity index (χ4n) is 2.30. The maximum absolute atomic E-state index is 12.0. The lowest BCUT2D eigenvalue weighted by Gasteiger charge is -2.20. The zero-order valence-corrected chi connectivity index (χ0v) is 14.2. The van der Waals surface area contributed by atoms with Gasteiger partial charge in [-0.25, -0.2) is 0 Å². The molecule has 0 radical (unpaired) electrons. The molecule has 0 aliphatic carbocycles. The SMILES string of the molecule is CCC(C)c1ccc(C(NC(=O)[C@H](C)N)c2cccs2)cc1. The second-order valence-electron chi connectivity index (χ2n) is 5.72. The zero-order valence-electron chi connectivity index (χ0n) is 13.4. The molecular formula is C18H24N2OS. The Morgan fingerprint density at radius 3 is 2.32 bits per heavy atom. The summed E-state index contributed by atoms with van der Waals surface area (Å²) in [5, 5.41) is 5.07. The van der Waals surface area contributed by atoms with Crippen molar-refractivity contribution in [1.82, 2.24) is 5.32 Å². The number of nitrogens with one attached hydrogen (secondary N) is 1. The van der Waals surface area contributed by atoms with Gasteiger partial charge < -0.3 is 11.1 Å². The van der Waals surface area contributed by atoms with Crippen molar-refractivity contribution < 1.29 is 4.79 Å². The summed E-state index contributed by atoms with van der Waals surface area (Å²) >= 11 is 1.64. The molecule has 0 bridgehead atoms. The number of carbonyl (C=O) groups is 1. The van der Waals surface area contributed by atoms with Crippen LogP contribution in [0.1, 0.15) is 55.2 Å². The minimum absolute atomic E-state index is 0.135. The molecule has 1 aromatic heterocycles. The van der Waals surface area contributed by atoms with E-state index in [-0.39, 0.29) is 11.9 Å². The number of benzene rings is 1. The lowest BCUT2D eigenvalue weighted by Crippen LogP contribution is -2.40. The van der Waals surface area contributed by atoms with E-state index in [4.69, 9.17) is 5.73 Å². The normalized spacial score (nSPS) is 15.1. The van der Waals surface area contributed by atoms with Crippen molar-refractivity contribution in [1.29, 1.82) is 0 Å². The Morgan fingerprint density at radius 1 is 1.18 bits per heavy atom. The molecule has 2 rings (SSSR count). The topological polar surface area (TPSA) is 55.1 Å². The summed E-state index contributed by atoms with van der Waals surface area (Å²) in [4.78, 5) is 13.1. The second-order valence-corrected chi connectivity index (χ2v) is 6.70. The highest BCUT2D eigenvalue weighted by Gasteiger charge is 2.19. The van der Waals surface area contributed by atoms with Gasteiger partial charge in [0.05, 0.1) is 12.1 Å². The van der Waals surface area contributed by atoms with Gasteiger partial charge in [-0.1, -0.05) is 44.2 Å². The molecule has 3 atom stereocenters. The first-order chi connectivity index (χ1) is 10.5. The number of nitrogens with two attached hydrogens (primary N) is 1. The molecule has 2 unspecified atom stereocenters. The zero-order chi connectivity index (χ0) is 16.1. The van der Waals surface area contributed by atoms with Crippen LogP contribution in [0, 0.1) is 0 Å². The molecule has 0 aliphatic rings. The predicted molar refractivity (Wildman–Crippen MR) is 93.1 cm³/mol. The lowest BCUT2D eigenvalue weighted by molar-refractivity contribution is -0.122. The highest BCUT2D eigenvalue weighted by atomic mass is 32.1. The van der Waals surface area contributed by atoms with Crippen LogP contribution < -0.4 is 11.1 Å². The van der Waals surface area contributed by atoms with E-state index in [1.54, 1.807) is 18.3 Å². The fourth-order valence-corrected chi connectivity index (χ4v) is 3.10. The molecule has 1 aromatic carbocycles. The van der Waals surface area contributed by atoms with Gasteiger partial charge in [-0.2, -0.15) is 0 Å². The van der Waals surface area contributed by atoms with Gasteiger partial charge in [0.25, 0.3) is 0 Å². The third-order valence-electron chi connectivity index (χ3n) is 3.98. The van der Waals surface area contributed by atoms with Crippen molar-refractivity contribution in [3.8, 4) is 0 Å². The van der Waals surface area contributed by atoms with Crippen LogP contribution in [-0.4, -0.2) is 11.9 Å². The Bertz CT molecular complexity index is 590. The van der Waals surface area contributed by atoms with Crippen LogP contribution in [-0.2, 0) is 4.79 Å². The van der Waals surface area contributed by atoms with Crippen molar-refractivity contribution in [2.45, 2.75) is 45.2 Å². The highest BCUT2D eigenvalue weighted by Crippen LogP contribution is 2.28. The van der Waals surface area contributed by atoms with Crippen molar-refractivity contribution in [2.75, 3.05) is 0 Å². The van der Waals surface area contributed by atoms with Gasteiger partial charge in [-0.3, -0.25) is 4.79 Å². The fraction of sp³-hybridized carbons (Fsp3) is 0.389. The molecule has 0 fully saturated rings. The summed E-state index contributed by atoms with van der Waals surface area (Å²) < 4.78 is 0. The number of thiophene rings is 1. The summed E-state index contributed by atoms with van der Waals surface area (Å²) in [6, 6.07) is 11.9. The lowest BCUT2D eigenvalue weighted by atomic mass is 9.95. The van der Waals surface area contributed by atoms with Gasteiger partial charge in [0, 0.05) is 4.88 Å². The molecule has 3 nitrogen and oxygen atoms in total. The quantitative estimate of drug-likeness (QED) is 0.851. The molecule has 4 heteroatoms. The van der Waals surface area contributed by atoms with E-state index in [1.165, 1.54) is 5.56 Å². The average Bonchev–Trinajstić information content (AvgIpc) is 3.05. The molecule has 0 aliphatic heterocycles. The van der Waals surface area contributed by atoms with E-state index >= 15 is 0 Å². The van der Waals surface area contributed by atoms with E-state index in [1.807, 2.05) is 17.5 Å². The highest BCUT2D eigenvalue weighted by molar-refractivity contribution is 7.10. The van der Waals surface area contributed by atoms with Gasteiger partial charge >= 0.3 is 0 Å². The first kappa shape index (κ1) is 16.7. The molecule has 0 spiro atoms.